The third kappa shape index (κ3) is 2.78. The molecule has 1 fully saturated rings. The standard InChI is InChI=1S/C15H21N3O/c1-3-12(4-2)13-14(16)17-15(19)18(13)10-11-8-6-5-7-9-11/h5-9,12-13H,3-4,10H2,1-2H3,(H2,16,17,19). The van der Waals surface area contributed by atoms with Gasteiger partial charge in [-0.15, -0.1) is 0 Å². The summed E-state index contributed by atoms with van der Waals surface area (Å²) in [4.78, 5) is 13.8. The molecule has 1 unspecified atom stereocenters. The molecular weight excluding hydrogens is 238 g/mol. The minimum Gasteiger partial charge on any atom is -0.310 e. The van der Waals surface area contributed by atoms with E-state index >= 15 is 0 Å². The molecule has 0 aliphatic carbocycles. The van der Waals surface area contributed by atoms with Crippen molar-refractivity contribution in [3.8, 4) is 0 Å². The molecule has 1 atom stereocenters. The highest BCUT2D eigenvalue weighted by Gasteiger charge is 2.39. The first-order chi connectivity index (χ1) is 9.17. The summed E-state index contributed by atoms with van der Waals surface area (Å²) in [6, 6.07) is 9.68. The summed E-state index contributed by atoms with van der Waals surface area (Å²) in [6.45, 7) is 4.80. The zero-order chi connectivity index (χ0) is 13.8. The number of nitrogens with one attached hydrogen (secondary N) is 2. The van der Waals surface area contributed by atoms with Crippen LogP contribution < -0.4 is 5.32 Å². The van der Waals surface area contributed by atoms with E-state index in [1.165, 1.54) is 0 Å². The highest BCUT2D eigenvalue weighted by molar-refractivity contribution is 6.05. The lowest BCUT2D eigenvalue weighted by Gasteiger charge is -2.28. The maximum absolute atomic E-state index is 12.0. The van der Waals surface area contributed by atoms with E-state index in [1.807, 2.05) is 30.3 Å². The number of rotatable bonds is 5. The first-order valence-corrected chi connectivity index (χ1v) is 6.87. The predicted octanol–water partition coefficient (Wildman–Crippen LogP) is 2.99. The van der Waals surface area contributed by atoms with Gasteiger partial charge in [-0.1, -0.05) is 57.0 Å². The third-order valence-electron chi connectivity index (χ3n) is 3.83. The normalized spacial score (nSPS) is 19.1. The summed E-state index contributed by atoms with van der Waals surface area (Å²) in [5, 5.41) is 10.7. The summed E-state index contributed by atoms with van der Waals surface area (Å²) >= 11 is 0. The molecule has 1 aliphatic heterocycles. The fourth-order valence-electron chi connectivity index (χ4n) is 2.72. The van der Waals surface area contributed by atoms with Gasteiger partial charge in [-0.2, -0.15) is 0 Å². The van der Waals surface area contributed by atoms with E-state index < -0.39 is 0 Å². The van der Waals surface area contributed by atoms with Gasteiger partial charge >= 0.3 is 6.03 Å². The number of amides is 2. The van der Waals surface area contributed by atoms with Gasteiger partial charge in [0.05, 0.1) is 6.04 Å². The molecule has 1 aromatic carbocycles. The van der Waals surface area contributed by atoms with Gasteiger partial charge in [0, 0.05) is 6.54 Å². The first kappa shape index (κ1) is 13.6. The van der Waals surface area contributed by atoms with Crippen LogP contribution in [0.5, 0.6) is 0 Å². The maximum Gasteiger partial charge on any atom is 0.323 e. The van der Waals surface area contributed by atoms with Crippen LogP contribution in [0.15, 0.2) is 30.3 Å². The van der Waals surface area contributed by atoms with Crippen molar-refractivity contribution in [1.82, 2.24) is 10.2 Å². The van der Waals surface area contributed by atoms with Crippen LogP contribution in [0.2, 0.25) is 0 Å². The second-order valence-corrected chi connectivity index (χ2v) is 4.98. The molecule has 1 aromatic rings. The monoisotopic (exact) mass is 259 g/mol. The van der Waals surface area contributed by atoms with Gasteiger partial charge in [-0.05, 0) is 11.5 Å². The van der Waals surface area contributed by atoms with Gasteiger partial charge < -0.3 is 4.90 Å². The van der Waals surface area contributed by atoms with E-state index in [-0.39, 0.29) is 12.1 Å². The van der Waals surface area contributed by atoms with Crippen molar-refractivity contribution in [2.75, 3.05) is 0 Å². The zero-order valence-electron chi connectivity index (χ0n) is 11.5. The van der Waals surface area contributed by atoms with Crippen molar-refractivity contribution in [1.29, 1.82) is 5.41 Å². The molecule has 4 nitrogen and oxygen atoms in total. The molecule has 0 radical (unpaired) electrons. The Labute approximate surface area is 114 Å². The van der Waals surface area contributed by atoms with Crippen LogP contribution in [0.4, 0.5) is 4.79 Å². The molecular formula is C15H21N3O. The second kappa shape index (κ2) is 5.87. The molecule has 102 valence electrons. The average Bonchev–Trinajstić information content (AvgIpc) is 2.69. The van der Waals surface area contributed by atoms with Crippen LogP contribution in [0.3, 0.4) is 0 Å². The van der Waals surface area contributed by atoms with Crippen LogP contribution in [0, 0.1) is 11.3 Å². The largest absolute Gasteiger partial charge is 0.323 e. The van der Waals surface area contributed by atoms with Gasteiger partial charge in [-0.25, -0.2) is 4.79 Å². The Morgan fingerprint density at radius 1 is 1.26 bits per heavy atom. The topological polar surface area (TPSA) is 56.2 Å². The van der Waals surface area contributed by atoms with Crippen LogP contribution in [0.1, 0.15) is 32.3 Å². The van der Waals surface area contributed by atoms with Crippen LogP contribution in [-0.2, 0) is 6.54 Å². The quantitative estimate of drug-likeness (QED) is 0.839. The third-order valence-corrected chi connectivity index (χ3v) is 3.83. The summed E-state index contributed by atoms with van der Waals surface area (Å²) in [7, 11) is 0. The van der Waals surface area contributed by atoms with Crippen molar-refractivity contribution in [3.63, 3.8) is 0 Å². The second-order valence-electron chi connectivity index (χ2n) is 4.98. The predicted molar refractivity (Wildman–Crippen MR) is 76.1 cm³/mol. The molecule has 1 aliphatic rings. The number of carbonyl (C=O) groups excluding carboxylic acids is 1. The van der Waals surface area contributed by atoms with Gasteiger partial charge in [0.1, 0.15) is 5.84 Å². The minimum atomic E-state index is -0.147. The number of hydrogen-bond acceptors (Lipinski definition) is 2. The van der Waals surface area contributed by atoms with E-state index in [0.717, 1.165) is 18.4 Å². The molecule has 0 bridgehead atoms. The fourth-order valence-corrected chi connectivity index (χ4v) is 2.72. The van der Waals surface area contributed by atoms with E-state index in [4.69, 9.17) is 5.41 Å². The van der Waals surface area contributed by atoms with Crippen molar-refractivity contribution in [2.24, 2.45) is 5.92 Å². The highest BCUT2D eigenvalue weighted by atomic mass is 16.2. The Morgan fingerprint density at radius 2 is 1.89 bits per heavy atom. The van der Waals surface area contributed by atoms with E-state index in [9.17, 15) is 4.79 Å². The first-order valence-electron chi connectivity index (χ1n) is 6.87. The highest BCUT2D eigenvalue weighted by Crippen LogP contribution is 2.24. The number of hydrogen-bond donors (Lipinski definition) is 2. The molecule has 2 rings (SSSR count). The summed E-state index contributed by atoms with van der Waals surface area (Å²) in [5.41, 5.74) is 1.10. The molecule has 19 heavy (non-hydrogen) atoms. The van der Waals surface area contributed by atoms with E-state index in [1.54, 1.807) is 4.90 Å². The molecule has 1 heterocycles. The fraction of sp³-hybridized carbons (Fsp3) is 0.467. The van der Waals surface area contributed by atoms with Crippen molar-refractivity contribution >= 4 is 11.9 Å². The van der Waals surface area contributed by atoms with Crippen LogP contribution in [0.25, 0.3) is 0 Å². The Bertz CT molecular complexity index is 454. The average molecular weight is 259 g/mol. The van der Waals surface area contributed by atoms with Gasteiger partial charge in [-0.3, -0.25) is 10.7 Å². The summed E-state index contributed by atoms with van der Waals surface area (Å²) in [6.07, 6.45) is 1.95. The SMILES string of the molecule is CCC(CC)C1C(=N)NC(=O)N1Cc1ccccc1. The van der Waals surface area contributed by atoms with Crippen LogP contribution >= 0.6 is 0 Å². The Hall–Kier alpha value is -1.84. The number of amidine groups is 1. The van der Waals surface area contributed by atoms with Crippen LogP contribution in [-0.4, -0.2) is 22.8 Å². The Balaban J connectivity index is 2.20. The lowest BCUT2D eigenvalue weighted by atomic mass is 9.93. The number of carbonyl (C=O) groups is 1. The molecule has 0 saturated carbocycles. The maximum atomic E-state index is 12.0. The number of benzene rings is 1. The Kier molecular flexibility index (Phi) is 4.20. The summed E-state index contributed by atoms with van der Waals surface area (Å²) < 4.78 is 0. The van der Waals surface area contributed by atoms with Crippen molar-refractivity contribution < 1.29 is 4.79 Å². The van der Waals surface area contributed by atoms with E-state index in [0.29, 0.717) is 18.3 Å². The van der Waals surface area contributed by atoms with E-state index in [2.05, 4.69) is 19.2 Å². The lowest BCUT2D eigenvalue weighted by molar-refractivity contribution is 0.184. The van der Waals surface area contributed by atoms with Crippen molar-refractivity contribution in [2.45, 2.75) is 39.3 Å². The minimum absolute atomic E-state index is 0.109. The van der Waals surface area contributed by atoms with Gasteiger partial charge in [0.25, 0.3) is 0 Å². The smallest absolute Gasteiger partial charge is 0.310 e. The Morgan fingerprint density at radius 3 is 2.47 bits per heavy atom. The molecule has 2 N–H and O–H groups in total. The molecule has 1 saturated heterocycles. The number of nitrogens with zero attached hydrogens (tertiary/aromatic N) is 1. The molecule has 4 heteroatoms. The zero-order valence-corrected chi connectivity index (χ0v) is 11.5. The van der Waals surface area contributed by atoms with Gasteiger partial charge in [0.15, 0.2) is 0 Å². The van der Waals surface area contributed by atoms with Crippen molar-refractivity contribution in [3.05, 3.63) is 35.9 Å². The summed E-state index contributed by atoms with van der Waals surface area (Å²) in [5.74, 6) is 0.685. The molecule has 0 aromatic heterocycles. The lowest BCUT2D eigenvalue weighted by Crippen LogP contribution is -2.39. The number of urea groups is 1. The molecule has 0 spiro atoms. The molecule has 2 amide bonds. The van der Waals surface area contributed by atoms with Gasteiger partial charge in [0.2, 0.25) is 0 Å².